The summed E-state index contributed by atoms with van der Waals surface area (Å²) < 4.78 is 19.2. The number of aromatic nitrogens is 1. The smallest absolute Gasteiger partial charge is 0.411 e. The van der Waals surface area contributed by atoms with Crippen molar-refractivity contribution < 1.29 is 23.5 Å². The zero-order chi connectivity index (χ0) is 29.8. The van der Waals surface area contributed by atoms with Gasteiger partial charge < -0.3 is 15.4 Å². The van der Waals surface area contributed by atoms with Gasteiger partial charge >= 0.3 is 6.09 Å². The number of pyridine rings is 1. The summed E-state index contributed by atoms with van der Waals surface area (Å²) in [4.78, 5) is 42.6. The molecule has 2 atom stereocenters. The maximum absolute atomic E-state index is 14.5. The number of hydrogen-bond acceptors (Lipinski definition) is 8. The SMILES string of the molecule is COC(=O)Nc1ccc2c(c1)NC(=O)[C@@H](C)CCC[C@H](NC(=O)C1=CN(c3cccc(Cl)c3F)NN1)c1ccnc-2c1. The number of methoxy groups -OCH3 is 1. The topological polar surface area (TPSA) is 137 Å². The Hall–Kier alpha value is -4.68. The van der Waals surface area contributed by atoms with Gasteiger partial charge in [0, 0.05) is 23.4 Å². The molecule has 2 aromatic carbocycles. The van der Waals surface area contributed by atoms with Crippen molar-refractivity contribution >= 4 is 46.6 Å². The fourth-order valence-electron chi connectivity index (χ4n) is 4.74. The van der Waals surface area contributed by atoms with E-state index in [0.29, 0.717) is 41.9 Å². The molecule has 0 aliphatic carbocycles. The first-order valence-corrected chi connectivity index (χ1v) is 13.6. The first-order valence-electron chi connectivity index (χ1n) is 13.3. The zero-order valence-electron chi connectivity index (χ0n) is 22.8. The number of amides is 3. The van der Waals surface area contributed by atoms with E-state index in [9.17, 15) is 18.8 Å². The fourth-order valence-corrected chi connectivity index (χ4v) is 4.91. The molecule has 2 aliphatic rings. The summed E-state index contributed by atoms with van der Waals surface area (Å²) in [5.41, 5.74) is 8.82. The Labute approximate surface area is 246 Å². The van der Waals surface area contributed by atoms with Crippen molar-refractivity contribution in [1.29, 1.82) is 0 Å². The highest BCUT2D eigenvalue weighted by Crippen LogP contribution is 2.33. The summed E-state index contributed by atoms with van der Waals surface area (Å²) in [7, 11) is 1.27. The number of nitrogens with zero attached hydrogens (tertiary/aromatic N) is 2. The molecule has 5 rings (SSSR count). The second kappa shape index (κ2) is 12.5. The highest BCUT2D eigenvalue weighted by Gasteiger charge is 2.26. The number of hydrazine groups is 2. The Bertz CT molecular complexity index is 1570. The molecule has 218 valence electrons. The molecule has 3 amide bonds. The molecule has 3 aromatic rings. The van der Waals surface area contributed by atoms with E-state index in [1.807, 2.05) is 19.1 Å². The van der Waals surface area contributed by atoms with Crippen LogP contribution in [0.5, 0.6) is 0 Å². The molecule has 2 bridgehead atoms. The molecule has 5 N–H and O–H groups in total. The number of hydrogen-bond donors (Lipinski definition) is 5. The average Bonchev–Trinajstić information content (AvgIpc) is 3.48. The Balaban J connectivity index is 1.43. The van der Waals surface area contributed by atoms with Gasteiger partial charge in [0.1, 0.15) is 5.70 Å². The average molecular weight is 594 g/mol. The normalized spacial score (nSPS) is 18.3. The second-order valence-corrected chi connectivity index (χ2v) is 10.3. The molecule has 0 unspecified atom stereocenters. The minimum atomic E-state index is -0.635. The van der Waals surface area contributed by atoms with Gasteiger partial charge in [-0.05, 0) is 60.9 Å². The van der Waals surface area contributed by atoms with Crippen molar-refractivity contribution in [1.82, 2.24) is 21.3 Å². The predicted octanol–water partition coefficient (Wildman–Crippen LogP) is 5.01. The van der Waals surface area contributed by atoms with Crippen LogP contribution in [0.3, 0.4) is 0 Å². The van der Waals surface area contributed by atoms with E-state index < -0.39 is 23.9 Å². The first kappa shape index (κ1) is 28.8. The molecule has 1 aromatic heterocycles. The van der Waals surface area contributed by atoms with E-state index in [1.54, 1.807) is 30.5 Å². The van der Waals surface area contributed by atoms with Gasteiger partial charge in [0.2, 0.25) is 5.91 Å². The molecule has 13 heteroatoms. The lowest BCUT2D eigenvalue weighted by Gasteiger charge is -2.23. The third-order valence-corrected chi connectivity index (χ3v) is 7.35. The van der Waals surface area contributed by atoms with Crippen LogP contribution in [0.15, 0.2) is 66.6 Å². The lowest BCUT2D eigenvalue weighted by atomic mass is 9.94. The highest BCUT2D eigenvalue weighted by molar-refractivity contribution is 6.31. The van der Waals surface area contributed by atoms with E-state index in [0.717, 1.165) is 5.56 Å². The van der Waals surface area contributed by atoms with Crippen LogP contribution >= 0.6 is 11.6 Å². The van der Waals surface area contributed by atoms with Gasteiger partial charge in [-0.1, -0.05) is 31.0 Å². The maximum Gasteiger partial charge on any atom is 0.411 e. The van der Waals surface area contributed by atoms with Crippen molar-refractivity contribution in [2.45, 2.75) is 32.2 Å². The summed E-state index contributed by atoms with van der Waals surface area (Å²) >= 11 is 5.91. The van der Waals surface area contributed by atoms with E-state index in [2.05, 4.69) is 36.6 Å². The number of carbonyl (C=O) groups is 3. The Morgan fingerprint density at radius 1 is 1.17 bits per heavy atom. The van der Waals surface area contributed by atoms with E-state index >= 15 is 0 Å². The molecule has 0 fully saturated rings. The monoisotopic (exact) mass is 593 g/mol. The summed E-state index contributed by atoms with van der Waals surface area (Å²) in [5, 5.41) is 9.94. The van der Waals surface area contributed by atoms with E-state index in [4.69, 9.17) is 11.6 Å². The van der Waals surface area contributed by atoms with Gasteiger partial charge in [-0.3, -0.25) is 30.3 Å². The number of ether oxygens (including phenoxy) is 1. The van der Waals surface area contributed by atoms with Gasteiger partial charge in [0.15, 0.2) is 5.82 Å². The van der Waals surface area contributed by atoms with Crippen LogP contribution in [0.4, 0.5) is 26.2 Å². The number of rotatable bonds is 4. The second-order valence-electron chi connectivity index (χ2n) is 9.92. The molecule has 42 heavy (non-hydrogen) atoms. The standard InChI is InChI=1S/C29H29ClFN7O4/c1-16-5-3-7-21(34-28(40)24-15-38(37-36-24)25-8-4-6-20(30)26(25)31)17-11-12-32-22(13-17)19-10-9-18(33-29(41)42-2)14-23(19)35-27(16)39/h4,6,8-16,21,36-37H,3,5,7H2,1-2H3,(H,33,41)(H,34,40)(H,35,39)/t16-,21-/m0/s1. The van der Waals surface area contributed by atoms with Crippen molar-refractivity contribution in [2.75, 3.05) is 22.8 Å². The Morgan fingerprint density at radius 2 is 2.00 bits per heavy atom. The van der Waals surface area contributed by atoms with Crippen LogP contribution in [0, 0.1) is 11.7 Å². The van der Waals surface area contributed by atoms with Crippen molar-refractivity contribution in [3.8, 4) is 11.3 Å². The van der Waals surface area contributed by atoms with Crippen LogP contribution in [0.1, 0.15) is 37.8 Å². The molecular weight excluding hydrogens is 565 g/mol. The molecule has 0 radical (unpaired) electrons. The predicted molar refractivity (Wildman–Crippen MR) is 156 cm³/mol. The zero-order valence-corrected chi connectivity index (χ0v) is 23.6. The van der Waals surface area contributed by atoms with Crippen LogP contribution in [-0.4, -0.2) is 30.0 Å². The number of benzene rings is 2. The number of nitrogens with one attached hydrogen (secondary N) is 5. The summed E-state index contributed by atoms with van der Waals surface area (Å²) in [6.45, 7) is 1.84. The summed E-state index contributed by atoms with van der Waals surface area (Å²) in [5.74, 6) is -1.53. The number of anilines is 3. The fraction of sp³-hybridized carbons (Fsp3) is 0.241. The minimum absolute atomic E-state index is 0.0391. The number of halogens is 2. The number of carbonyl (C=O) groups excluding carboxylic acids is 3. The van der Waals surface area contributed by atoms with Gasteiger partial charge in [0.25, 0.3) is 5.91 Å². The van der Waals surface area contributed by atoms with Crippen molar-refractivity contribution in [3.05, 3.63) is 83.0 Å². The molecule has 3 heterocycles. The lowest BCUT2D eigenvalue weighted by Crippen LogP contribution is -2.40. The van der Waals surface area contributed by atoms with Crippen LogP contribution in [0.25, 0.3) is 11.3 Å². The minimum Gasteiger partial charge on any atom is -0.453 e. The van der Waals surface area contributed by atoms with Gasteiger partial charge in [-0.25, -0.2) is 9.18 Å². The molecule has 0 spiro atoms. The van der Waals surface area contributed by atoms with E-state index in [-0.39, 0.29) is 28.2 Å². The first-order chi connectivity index (χ1) is 20.2. The van der Waals surface area contributed by atoms with Crippen LogP contribution < -0.4 is 31.9 Å². The molecular formula is C29H29ClFN7O4. The van der Waals surface area contributed by atoms with Crippen LogP contribution in [0.2, 0.25) is 5.02 Å². The van der Waals surface area contributed by atoms with Gasteiger partial charge in [0.05, 0.1) is 41.4 Å². The molecule has 0 saturated heterocycles. The van der Waals surface area contributed by atoms with Gasteiger partial charge in [-0.2, -0.15) is 0 Å². The van der Waals surface area contributed by atoms with Crippen LogP contribution in [-0.2, 0) is 14.3 Å². The highest BCUT2D eigenvalue weighted by atomic mass is 35.5. The third kappa shape index (κ3) is 6.29. The molecule has 2 aliphatic heterocycles. The Kier molecular flexibility index (Phi) is 8.55. The summed E-state index contributed by atoms with van der Waals surface area (Å²) in [6, 6.07) is 12.9. The number of fused-ring (bicyclic) bond motifs is 4. The third-order valence-electron chi connectivity index (χ3n) is 7.06. The van der Waals surface area contributed by atoms with E-state index in [1.165, 1.54) is 30.5 Å². The summed E-state index contributed by atoms with van der Waals surface area (Å²) in [6.07, 6.45) is 4.25. The largest absolute Gasteiger partial charge is 0.453 e. The molecule has 11 nitrogen and oxygen atoms in total. The van der Waals surface area contributed by atoms with Crippen molar-refractivity contribution in [3.63, 3.8) is 0 Å². The lowest BCUT2D eigenvalue weighted by molar-refractivity contribution is -0.120. The Morgan fingerprint density at radius 3 is 2.81 bits per heavy atom. The quantitative estimate of drug-likeness (QED) is 0.285. The molecule has 0 saturated carbocycles. The maximum atomic E-state index is 14.5. The van der Waals surface area contributed by atoms with Crippen molar-refractivity contribution in [2.24, 2.45) is 5.92 Å². The van der Waals surface area contributed by atoms with Gasteiger partial charge in [-0.15, -0.1) is 5.53 Å².